The number of rotatable bonds is 4. The van der Waals surface area contributed by atoms with E-state index in [9.17, 15) is 13.2 Å². The molecule has 1 heterocycles. The topological polar surface area (TPSA) is 49.8 Å². The van der Waals surface area contributed by atoms with Crippen LogP contribution in [-0.2, 0) is 6.18 Å². The molecule has 0 aliphatic heterocycles. The molecule has 18 heavy (non-hydrogen) atoms. The van der Waals surface area contributed by atoms with Crippen molar-refractivity contribution in [1.29, 1.82) is 0 Å². The molecular formula is C11H19F3N4. The van der Waals surface area contributed by atoms with Gasteiger partial charge >= 0.3 is 6.18 Å². The Hall–Kier alpha value is -1.37. The van der Waals surface area contributed by atoms with Crippen LogP contribution in [0, 0.1) is 0 Å². The standard InChI is InChI=1S/C9H13F3N4.C2H6/c1-6(13-2)3-14-8-15-4-7(5-16-8)9(10,11)12;1-2/h4-6,13H,3H2,1-2H3,(H,14,15,16);1-2H3. The maximum atomic E-state index is 12.2. The zero-order chi connectivity index (χ0) is 14.2. The van der Waals surface area contributed by atoms with Crippen molar-refractivity contribution >= 4 is 5.95 Å². The van der Waals surface area contributed by atoms with E-state index in [1.54, 1.807) is 7.05 Å². The first-order valence-electron chi connectivity index (χ1n) is 5.74. The van der Waals surface area contributed by atoms with E-state index in [4.69, 9.17) is 0 Å². The van der Waals surface area contributed by atoms with E-state index in [1.807, 2.05) is 20.8 Å². The second-order valence-electron chi connectivity index (χ2n) is 3.36. The highest BCUT2D eigenvalue weighted by Crippen LogP contribution is 2.27. The quantitative estimate of drug-likeness (QED) is 0.877. The highest BCUT2D eigenvalue weighted by atomic mass is 19.4. The van der Waals surface area contributed by atoms with Gasteiger partial charge in [0.1, 0.15) is 0 Å². The van der Waals surface area contributed by atoms with Crippen molar-refractivity contribution in [3.8, 4) is 0 Å². The molecule has 0 spiro atoms. The van der Waals surface area contributed by atoms with Gasteiger partial charge in [0.25, 0.3) is 0 Å². The van der Waals surface area contributed by atoms with Crippen LogP contribution >= 0.6 is 0 Å². The molecule has 1 atom stereocenters. The minimum Gasteiger partial charge on any atom is -0.353 e. The third-order valence-corrected chi connectivity index (χ3v) is 2.04. The van der Waals surface area contributed by atoms with Gasteiger partial charge in [0.15, 0.2) is 0 Å². The highest BCUT2D eigenvalue weighted by molar-refractivity contribution is 5.25. The van der Waals surface area contributed by atoms with E-state index in [0.29, 0.717) is 6.54 Å². The molecule has 0 aromatic carbocycles. The van der Waals surface area contributed by atoms with Crippen LogP contribution in [0.4, 0.5) is 19.1 Å². The van der Waals surface area contributed by atoms with Gasteiger partial charge in [0.2, 0.25) is 5.95 Å². The summed E-state index contributed by atoms with van der Waals surface area (Å²) < 4.78 is 36.5. The molecule has 0 aliphatic carbocycles. The fraction of sp³-hybridized carbons (Fsp3) is 0.636. The molecule has 0 amide bonds. The lowest BCUT2D eigenvalue weighted by atomic mass is 10.3. The van der Waals surface area contributed by atoms with Crippen LogP contribution in [0.25, 0.3) is 0 Å². The van der Waals surface area contributed by atoms with E-state index >= 15 is 0 Å². The Labute approximate surface area is 105 Å². The number of hydrogen-bond donors (Lipinski definition) is 2. The van der Waals surface area contributed by atoms with Gasteiger partial charge in [0.05, 0.1) is 5.56 Å². The third kappa shape index (κ3) is 5.81. The van der Waals surface area contributed by atoms with Crippen molar-refractivity contribution in [1.82, 2.24) is 15.3 Å². The second kappa shape index (κ2) is 7.86. The van der Waals surface area contributed by atoms with Gasteiger partial charge in [-0.15, -0.1) is 0 Å². The van der Waals surface area contributed by atoms with Crippen LogP contribution in [0.3, 0.4) is 0 Å². The van der Waals surface area contributed by atoms with Crippen LogP contribution in [0.15, 0.2) is 12.4 Å². The van der Waals surface area contributed by atoms with E-state index < -0.39 is 11.7 Å². The summed E-state index contributed by atoms with van der Waals surface area (Å²) in [6.07, 6.45) is -2.87. The summed E-state index contributed by atoms with van der Waals surface area (Å²) >= 11 is 0. The Balaban J connectivity index is 0.00000137. The first kappa shape index (κ1) is 16.6. The average Bonchev–Trinajstić information content (AvgIpc) is 2.37. The molecule has 0 saturated heterocycles. The Morgan fingerprint density at radius 1 is 1.22 bits per heavy atom. The Bertz CT molecular complexity index is 324. The second-order valence-corrected chi connectivity index (χ2v) is 3.36. The summed E-state index contributed by atoms with van der Waals surface area (Å²) in [5.41, 5.74) is -0.847. The Morgan fingerprint density at radius 2 is 1.72 bits per heavy atom. The monoisotopic (exact) mass is 264 g/mol. The average molecular weight is 264 g/mol. The number of likely N-dealkylation sites (N-methyl/N-ethyl adjacent to an activating group) is 1. The van der Waals surface area contributed by atoms with Crippen molar-refractivity contribution in [3.05, 3.63) is 18.0 Å². The van der Waals surface area contributed by atoms with E-state index in [-0.39, 0.29) is 12.0 Å². The lowest BCUT2D eigenvalue weighted by Crippen LogP contribution is -2.29. The fourth-order valence-corrected chi connectivity index (χ4v) is 0.912. The minimum absolute atomic E-state index is 0.186. The predicted molar refractivity (Wildman–Crippen MR) is 65.4 cm³/mol. The van der Waals surface area contributed by atoms with Crippen molar-refractivity contribution in [3.63, 3.8) is 0 Å². The molecular weight excluding hydrogens is 245 g/mol. The number of nitrogens with one attached hydrogen (secondary N) is 2. The molecule has 0 aliphatic rings. The predicted octanol–water partition coefficient (Wildman–Crippen LogP) is 2.54. The lowest BCUT2D eigenvalue weighted by molar-refractivity contribution is -0.138. The minimum atomic E-state index is -4.39. The SMILES string of the molecule is CC.CNC(C)CNc1ncc(C(F)(F)F)cn1. The molecule has 1 aromatic heterocycles. The Kier molecular flexibility index (Phi) is 7.26. The highest BCUT2D eigenvalue weighted by Gasteiger charge is 2.31. The zero-order valence-corrected chi connectivity index (χ0v) is 11.0. The lowest BCUT2D eigenvalue weighted by Gasteiger charge is -2.11. The number of anilines is 1. The van der Waals surface area contributed by atoms with Crippen LogP contribution in [0.2, 0.25) is 0 Å². The van der Waals surface area contributed by atoms with Crippen LogP contribution in [0.5, 0.6) is 0 Å². The molecule has 0 radical (unpaired) electrons. The summed E-state index contributed by atoms with van der Waals surface area (Å²) in [6, 6.07) is 0.186. The summed E-state index contributed by atoms with van der Waals surface area (Å²) in [5, 5.41) is 5.79. The normalized spacial score (nSPS) is 12.4. The van der Waals surface area contributed by atoms with Crippen molar-refractivity contribution in [2.45, 2.75) is 33.0 Å². The molecule has 0 saturated carbocycles. The third-order valence-electron chi connectivity index (χ3n) is 2.04. The van der Waals surface area contributed by atoms with Gasteiger partial charge in [-0.05, 0) is 14.0 Å². The molecule has 7 heteroatoms. The molecule has 1 unspecified atom stereocenters. The summed E-state index contributed by atoms with van der Waals surface area (Å²) in [7, 11) is 1.79. The first-order valence-corrected chi connectivity index (χ1v) is 5.74. The largest absolute Gasteiger partial charge is 0.419 e. The smallest absolute Gasteiger partial charge is 0.353 e. The summed E-state index contributed by atoms with van der Waals surface area (Å²) in [4.78, 5) is 7.16. The number of halogens is 3. The molecule has 1 aromatic rings. The van der Waals surface area contributed by atoms with Gasteiger partial charge in [-0.25, -0.2) is 9.97 Å². The summed E-state index contributed by atoms with van der Waals surface area (Å²) in [5.74, 6) is 0.190. The molecule has 0 fully saturated rings. The van der Waals surface area contributed by atoms with Gasteiger partial charge in [0, 0.05) is 25.0 Å². The maximum Gasteiger partial charge on any atom is 0.419 e. The molecule has 0 bridgehead atoms. The molecule has 4 nitrogen and oxygen atoms in total. The number of nitrogens with zero attached hydrogens (tertiary/aromatic N) is 2. The van der Waals surface area contributed by atoms with Gasteiger partial charge in [-0.1, -0.05) is 13.8 Å². The molecule has 2 N–H and O–H groups in total. The van der Waals surface area contributed by atoms with Crippen molar-refractivity contribution in [2.75, 3.05) is 18.9 Å². The fourth-order valence-electron chi connectivity index (χ4n) is 0.912. The van der Waals surface area contributed by atoms with E-state index in [0.717, 1.165) is 12.4 Å². The van der Waals surface area contributed by atoms with E-state index in [1.165, 1.54) is 0 Å². The molecule has 1 rings (SSSR count). The van der Waals surface area contributed by atoms with Gasteiger partial charge in [-0.2, -0.15) is 13.2 Å². The number of alkyl halides is 3. The van der Waals surface area contributed by atoms with Crippen molar-refractivity contribution in [2.24, 2.45) is 0 Å². The van der Waals surface area contributed by atoms with Gasteiger partial charge in [-0.3, -0.25) is 0 Å². The van der Waals surface area contributed by atoms with Crippen LogP contribution in [0.1, 0.15) is 26.3 Å². The Morgan fingerprint density at radius 3 is 2.11 bits per heavy atom. The maximum absolute atomic E-state index is 12.2. The number of hydrogen-bond acceptors (Lipinski definition) is 4. The van der Waals surface area contributed by atoms with E-state index in [2.05, 4.69) is 20.6 Å². The first-order chi connectivity index (χ1) is 8.43. The summed E-state index contributed by atoms with van der Waals surface area (Å²) in [6.45, 7) is 6.47. The van der Waals surface area contributed by atoms with Crippen molar-refractivity contribution < 1.29 is 13.2 Å². The zero-order valence-electron chi connectivity index (χ0n) is 11.0. The van der Waals surface area contributed by atoms with Crippen LogP contribution in [-0.4, -0.2) is 29.6 Å². The number of aromatic nitrogens is 2. The van der Waals surface area contributed by atoms with Gasteiger partial charge < -0.3 is 10.6 Å². The van der Waals surface area contributed by atoms with Crippen LogP contribution < -0.4 is 10.6 Å². The molecule has 104 valence electrons.